The van der Waals surface area contributed by atoms with Crippen molar-refractivity contribution in [3.8, 4) is 17.2 Å². The van der Waals surface area contributed by atoms with Gasteiger partial charge in [-0.05, 0) is 60.2 Å². The number of amides is 4. The molecule has 17 heteroatoms. The summed E-state index contributed by atoms with van der Waals surface area (Å²) in [5, 5.41) is 35.8. The molecule has 4 aromatic carbocycles. The molecular formula is C42H36ClN5O11. The van der Waals surface area contributed by atoms with Gasteiger partial charge in [0, 0.05) is 37.2 Å². The van der Waals surface area contributed by atoms with Gasteiger partial charge in [-0.15, -0.1) is 0 Å². The number of allylic oxidation sites excluding steroid dienone is 2. The molecule has 4 amide bonds. The van der Waals surface area contributed by atoms with Gasteiger partial charge in [0.15, 0.2) is 17.2 Å². The average Bonchev–Trinajstić information content (AvgIpc) is 3.61. The number of rotatable bonds is 9. The van der Waals surface area contributed by atoms with Crippen LogP contribution >= 0.6 is 11.6 Å². The second-order valence-electron chi connectivity index (χ2n) is 15.1. The highest BCUT2D eigenvalue weighted by molar-refractivity contribution is 6.32. The second kappa shape index (κ2) is 14.2. The van der Waals surface area contributed by atoms with Gasteiger partial charge in [0.25, 0.3) is 0 Å². The molecule has 1 N–H and O–H groups in total. The van der Waals surface area contributed by atoms with Crippen LogP contribution in [0, 0.1) is 43.9 Å². The largest absolute Gasteiger partial charge is 0.502 e. The minimum Gasteiger partial charge on any atom is -0.502 e. The third kappa shape index (κ3) is 5.64. The molecule has 4 aromatic rings. The molecule has 8 rings (SSSR count). The van der Waals surface area contributed by atoms with Crippen LogP contribution in [-0.2, 0) is 24.6 Å². The Hall–Kier alpha value is -6.81. The van der Waals surface area contributed by atoms with Crippen molar-refractivity contribution in [2.24, 2.45) is 23.7 Å². The zero-order valence-corrected chi connectivity index (χ0v) is 32.8. The van der Waals surface area contributed by atoms with Crippen LogP contribution in [0.1, 0.15) is 29.9 Å². The Morgan fingerprint density at radius 1 is 0.797 bits per heavy atom. The third-order valence-electron chi connectivity index (χ3n) is 12.2. The summed E-state index contributed by atoms with van der Waals surface area (Å²) in [7, 11) is 5.51. The first kappa shape index (κ1) is 39.0. The maximum absolute atomic E-state index is 15.5. The number of phenols is 1. The van der Waals surface area contributed by atoms with Crippen molar-refractivity contribution in [1.29, 1.82) is 0 Å². The topological polar surface area (TPSA) is 203 Å². The normalized spacial score (nSPS) is 24.6. The molecule has 6 atom stereocenters. The van der Waals surface area contributed by atoms with Crippen LogP contribution in [0.5, 0.6) is 17.2 Å². The number of halogens is 1. The molecule has 0 spiro atoms. The summed E-state index contributed by atoms with van der Waals surface area (Å²) in [6.45, 7) is 0. The number of methoxy groups -OCH3 is 2. The summed E-state index contributed by atoms with van der Waals surface area (Å²) in [6, 6.07) is 20.2. The first-order valence-corrected chi connectivity index (χ1v) is 18.9. The van der Waals surface area contributed by atoms with Crippen molar-refractivity contribution in [3.63, 3.8) is 0 Å². The summed E-state index contributed by atoms with van der Waals surface area (Å²) in [5.41, 5.74) is -1.95. The number of anilines is 3. The van der Waals surface area contributed by atoms with E-state index in [0.29, 0.717) is 16.7 Å². The number of fused-ring (bicyclic) bond motifs is 4. The molecule has 2 heterocycles. The number of nitrogens with zero attached hydrogens (tertiary/aromatic N) is 5. The standard InChI is InChI=1S/C42H36ClN5O11/c1-44(2)36-30(47(54)55)18-25(19-31(36)48(56)57)45-38(50)27-14-13-26-28(34(27)40(45)52)20-29-39(51)46(24-12-8-11-23(43)17-24)41(53)42(29,22-9-6-5-7-10-22)35(26)21-15-32(58-3)37(49)33(16-21)59-4/h5-13,15-19,27-29,34-35,49H,14,20H2,1-4H3/t27-,28+,29-,34-,35-,42+/m0/s1. The average molecular weight is 822 g/mol. The van der Waals surface area contributed by atoms with Crippen molar-refractivity contribution < 1.29 is 43.6 Å². The summed E-state index contributed by atoms with van der Waals surface area (Å²) in [6.07, 6.45) is 1.73. The number of carbonyl (C=O) groups excluding carboxylic acids is 4. The lowest BCUT2D eigenvalue weighted by Gasteiger charge is -2.50. The molecule has 16 nitrogen and oxygen atoms in total. The molecule has 4 aliphatic rings. The highest BCUT2D eigenvalue weighted by Crippen LogP contribution is 2.65. The van der Waals surface area contributed by atoms with E-state index in [-0.39, 0.29) is 52.2 Å². The molecule has 59 heavy (non-hydrogen) atoms. The third-order valence-corrected chi connectivity index (χ3v) is 12.4. The zero-order valence-electron chi connectivity index (χ0n) is 32.0. The highest BCUT2D eigenvalue weighted by Gasteiger charge is 2.70. The minimum atomic E-state index is -1.66. The van der Waals surface area contributed by atoms with Gasteiger partial charge in [0.05, 0.1) is 58.6 Å². The van der Waals surface area contributed by atoms with E-state index in [4.69, 9.17) is 21.1 Å². The first-order chi connectivity index (χ1) is 28.2. The van der Waals surface area contributed by atoms with E-state index in [1.165, 1.54) is 39.3 Å². The van der Waals surface area contributed by atoms with Crippen LogP contribution in [0.25, 0.3) is 0 Å². The maximum Gasteiger partial charge on any atom is 0.301 e. The number of hydrogen-bond donors (Lipinski definition) is 1. The molecule has 0 unspecified atom stereocenters. The minimum absolute atomic E-state index is 0.00389. The molecule has 2 saturated heterocycles. The van der Waals surface area contributed by atoms with E-state index < -0.39 is 79.9 Å². The highest BCUT2D eigenvalue weighted by atomic mass is 35.5. The molecule has 0 radical (unpaired) electrons. The number of benzene rings is 4. The molecule has 2 aliphatic carbocycles. The van der Waals surface area contributed by atoms with Gasteiger partial charge in [-0.1, -0.05) is 59.6 Å². The first-order valence-electron chi connectivity index (χ1n) is 18.5. The number of nitro benzene ring substituents is 2. The number of hydrogen-bond acceptors (Lipinski definition) is 12. The molecule has 3 fully saturated rings. The Labute approximate surface area is 341 Å². The van der Waals surface area contributed by atoms with Crippen molar-refractivity contribution in [2.45, 2.75) is 24.2 Å². The van der Waals surface area contributed by atoms with E-state index in [2.05, 4.69) is 0 Å². The van der Waals surface area contributed by atoms with Gasteiger partial charge >= 0.3 is 11.4 Å². The lowest BCUT2D eigenvalue weighted by atomic mass is 9.49. The van der Waals surface area contributed by atoms with E-state index >= 15 is 9.59 Å². The fourth-order valence-corrected chi connectivity index (χ4v) is 10.1. The molecule has 0 aromatic heterocycles. The van der Waals surface area contributed by atoms with Gasteiger partial charge in [0.1, 0.15) is 0 Å². The fourth-order valence-electron chi connectivity index (χ4n) is 9.91. The van der Waals surface area contributed by atoms with Crippen LogP contribution in [0.3, 0.4) is 0 Å². The zero-order chi connectivity index (χ0) is 42.2. The molecular weight excluding hydrogens is 786 g/mol. The SMILES string of the molecule is COc1cc([C@H]2C3=CC[C@@H]4C(=O)N(c5cc([N+](=O)[O-])c(N(C)C)c([N+](=O)[O-])c5)C(=O)[C@@H]4[C@@H]3C[C@H]3C(=O)N(c4cccc(Cl)c4)C(=O)[C@@]23c2ccccc2)cc(OC)c1O. The van der Waals surface area contributed by atoms with Gasteiger partial charge in [-0.2, -0.15) is 0 Å². The Morgan fingerprint density at radius 3 is 1.98 bits per heavy atom. The number of phenolic OH excluding ortho intramolecular Hbond substituents is 1. The Kier molecular flexibility index (Phi) is 9.42. The lowest BCUT2D eigenvalue weighted by molar-refractivity contribution is -0.392. The summed E-state index contributed by atoms with van der Waals surface area (Å²) >= 11 is 6.40. The van der Waals surface area contributed by atoms with Crippen molar-refractivity contribution in [3.05, 3.63) is 127 Å². The van der Waals surface area contributed by atoms with Crippen LogP contribution in [0.2, 0.25) is 5.02 Å². The smallest absolute Gasteiger partial charge is 0.301 e. The van der Waals surface area contributed by atoms with Crippen LogP contribution in [0.15, 0.2) is 90.5 Å². The van der Waals surface area contributed by atoms with Gasteiger partial charge in [0.2, 0.25) is 29.4 Å². The molecule has 0 bridgehead atoms. The monoisotopic (exact) mass is 821 g/mol. The number of ether oxygens (including phenoxy) is 2. The van der Waals surface area contributed by atoms with E-state index in [1.54, 1.807) is 66.7 Å². The summed E-state index contributed by atoms with van der Waals surface area (Å²) in [5.74, 6) is -8.01. The van der Waals surface area contributed by atoms with Gasteiger partial charge in [-0.25, -0.2) is 9.80 Å². The van der Waals surface area contributed by atoms with Crippen LogP contribution in [0.4, 0.5) is 28.4 Å². The van der Waals surface area contributed by atoms with Crippen LogP contribution < -0.4 is 24.2 Å². The van der Waals surface area contributed by atoms with E-state index in [9.17, 15) is 34.9 Å². The number of nitro groups is 2. The predicted molar refractivity (Wildman–Crippen MR) is 214 cm³/mol. The van der Waals surface area contributed by atoms with Crippen molar-refractivity contribution >= 4 is 63.7 Å². The molecule has 2 aliphatic heterocycles. The van der Waals surface area contributed by atoms with E-state index in [0.717, 1.165) is 21.9 Å². The van der Waals surface area contributed by atoms with Crippen molar-refractivity contribution in [1.82, 2.24) is 0 Å². The summed E-state index contributed by atoms with van der Waals surface area (Å²) < 4.78 is 11.1. The van der Waals surface area contributed by atoms with E-state index in [1.807, 2.05) is 0 Å². The number of aromatic hydroxyl groups is 1. The Balaban J connectivity index is 1.35. The second-order valence-corrected chi connectivity index (χ2v) is 15.6. The Morgan fingerprint density at radius 2 is 1.42 bits per heavy atom. The molecule has 1 saturated carbocycles. The van der Waals surface area contributed by atoms with Crippen LogP contribution in [-0.4, -0.2) is 66.9 Å². The number of carbonyl (C=O) groups is 4. The van der Waals surface area contributed by atoms with Gasteiger partial charge < -0.3 is 19.5 Å². The lowest BCUT2D eigenvalue weighted by Crippen LogP contribution is -2.53. The van der Waals surface area contributed by atoms with Gasteiger partial charge in [-0.3, -0.25) is 39.4 Å². The Bertz CT molecular complexity index is 2480. The fraction of sp³-hybridized carbons (Fsp3) is 0.286. The quantitative estimate of drug-likeness (QED) is 0.0854. The van der Waals surface area contributed by atoms with Crippen molar-refractivity contribution in [2.75, 3.05) is 43.0 Å². The molecule has 302 valence electrons. The number of imide groups is 2. The predicted octanol–water partition coefficient (Wildman–Crippen LogP) is 6.31. The maximum atomic E-state index is 15.5. The summed E-state index contributed by atoms with van der Waals surface area (Å²) in [4.78, 5) is 85.8.